The molecule has 0 aliphatic heterocycles. The number of carbonyl (C=O) groups excluding carboxylic acids is 3. The first-order chi connectivity index (χ1) is 7.19. The van der Waals surface area contributed by atoms with E-state index in [2.05, 4.69) is 0 Å². The highest BCUT2D eigenvalue weighted by Gasteiger charge is 2.33. The number of hydrogen-bond acceptors (Lipinski definition) is 4. The fraction of sp³-hybridized carbons (Fsp3) is 0.727. The van der Waals surface area contributed by atoms with E-state index in [0.717, 1.165) is 6.42 Å². The van der Waals surface area contributed by atoms with Gasteiger partial charge in [0.15, 0.2) is 11.9 Å². The van der Waals surface area contributed by atoms with Crippen molar-refractivity contribution in [1.82, 2.24) is 0 Å². The fourth-order valence-corrected chi connectivity index (χ4v) is 1.72. The first kappa shape index (κ1) is 11.9. The molecule has 1 aliphatic carbocycles. The quantitative estimate of drug-likeness (QED) is 0.400. The highest BCUT2D eigenvalue weighted by Crippen LogP contribution is 2.22. The molecular formula is C11H16O4. The summed E-state index contributed by atoms with van der Waals surface area (Å²) in [4.78, 5) is 33.3. The minimum Gasteiger partial charge on any atom is -0.454 e. The average Bonchev–Trinajstić information content (AvgIpc) is 2.21. The van der Waals surface area contributed by atoms with E-state index in [-0.39, 0.29) is 11.8 Å². The lowest BCUT2D eigenvalue weighted by Crippen LogP contribution is -2.36. The van der Waals surface area contributed by atoms with Crippen molar-refractivity contribution in [2.45, 2.75) is 45.1 Å². The Labute approximate surface area is 89.0 Å². The van der Waals surface area contributed by atoms with Gasteiger partial charge in [0.05, 0.1) is 5.92 Å². The molecule has 0 amide bonds. The normalized spacial score (nSPS) is 26.1. The van der Waals surface area contributed by atoms with Crippen LogP contribution in [0.25, 0.3) is 0 Å². The second kappa shape index (κ2) is 5.63. The minimum atomic E-state index is -0.687. The molecule has 84 valence electrons. The van der Waals surface area contributed by atoms with Gasteiger partial charge in [-0.15, -0.1) is 0 Å². The maximum atomic E-state index is 11.6. The van der Waals surface area contributed by atoms with Crippen molar-refractivity contribution in [2.75, 3.05) is 0 Å². The van der Waals surface area contributed by atoms with Crippen molar-refractivity contribution >= 4 is 18.0 Å². The molecule has 4 nitrogen and oxygen atoms in total. The molecule has 0 aromatic heterocycles. The molecule has 15 heavy (non-hydrogen) atoms. The summed E-state index contributed by atoms with van der Waals surface area (Å²) in [7, 11) is 0. The van der Waals surface area contributed by atoms with Gasteiger partial charge in [-0.25, -0.2) is 0 Å². The molecule has 1 rings (SSSR count). The van der Waals surface area contributed by atoms with Gasteiger partial charge < -0.3 is 9.53 Å². The SMILES string of the molecule is CCCC(=O)OC1CCCC(C=O)C1=O. The van der Waals surface area contributed by atoms with E-state index in [9.17, 15) is 14.4 Å². The number of ether oxygens (including phenoxy) is 1. The Hall–Kier alpha value is -1.19. The Morgan fingerprint density at radius 3 is 2.87 bits per heavy atom. The van der Waals surface area contributed by atoms with Crippen LogP contribution in [0.5, 0.6) is 0 Å². The lowest BCUT2D eigenvalue weighted by molar-refractivity contribution is -0.159. The molecule has 0 radical (unpaired) electrons. The van der Waals surface area contributed by atoms with Crippen LogP contribution < -0.4 is 0 Å². The standard InChI is InChI=1S/C11H16O4/c1-2-4-10(13)15-9-6-3-5-8(7-12)11(9)14/h7-9H,2-6H2,1H3. The van der Waals surface area contributed by atoms with E-state index in [4.69, 9.17) is 4.74 Å². The summed E-state index contributed by atoms with van der Waals surface area (Å²) in [6, 6.07) is 0. The van der Waals surface area contributed by atoms with Crippen LogP contribution in [-0.4, -0.2) is 24.1 Å². The zero-order valence-corrected chi connectivity index (χ0v) is 8.90. The smallest absolute Gasteiger partial charge is 0.306 e. The lowest BCUT2D eigenvalue weighted by Gasteiger charge is -2.24. The largest absolute Gasteiger partial charge is 0.454 e. The zero-order valence-electron chi connectivity index (χ0n) is 8.90. The number of carbonyl (C=O) groups is 3. The molecule has 0 spiro atoms. The summed E-state index contributed by atoms with van der Waals surface area (Å²) < 4.78 is 5.03. The van der Waals surface area contributed by atoms with E-state index in [0.29, 0.717) is 32.0 Å². The van der Waals surface area contributed by atoms with Crippen LogP contribution in [0, 0.1) is 5.92 Å². The van der Waals surface area contributed by atoms with Crippen LogP contribution in [0.1, 0.15) is 39.0 Å². The Balaban J connectivity index is 2.50. The van der Waals surface area contributed by atoms with E-state index < -0.39 is 12.0 Å². The maximum absolute atomic E-state index is 11.6. The number of aldehydes is 1. The minimum absolute atomic E-state index is 0.235. The highest BCUT2D eigenvalue weighted by molar-refractivity contribution is 5.97. The molecule has 2 unspecified atom stereocenters. The molecule has 0 N–H and O–H groups in total. The van der Waals surface area contributed by atoms with Crippen LogP contribution in [0.4, 0.5) is 0 Å². The predicted molar refractivity (Wildman–Crippen MR) is 53.2 cm³/mol. The number of esters is 1. The van der Waals surface area contributed by atoms with Gasteiger partial charge in [-0.3, -0.25) is 9.59 Å². The molecule has 1 aliphatic rings. The second-order valence-electron chi connectivity index (χ2n) is 3.80. The topological polar surface area (TPSA) is 60.4 Å². The van der Waals surface area contributed by atoms with Gasteiger partial charge in [-0.05, 0) is 25.7 Å². The molecule has 1 fully saturated rings. The summed E-state index contributed by atoms with van der Waals surface area (Å²) in [6.07, 6.45) is 2.91. The summed E-state index contributed by atoms with van der Waals surface area (Å²) in [5.41, 5.74) is 0. The lowest BCUT2D eigenvalue weighted by atomic mass is 9.87. The van der Waals surface area contributed by atoms with Gasteiger partial charge in [0.25, 0.3) is 0 Å². The number of hydrogen-bond donors (Lipinski definition) is 0. The van der Waals surface area contributed by atoms with E-state index in [1.807, 2.05) is 6.92 Å². The number of Topliss-reactive ketones (excluding diaryl/α,β-unsaturated/α-hetero) is 1. The predicted octanol–water partition coefficient (Wildman–Crippen LogP) is 1.27. The van der Waals surface area contributed by atoms with Gasteiger partial charge in [0.2, 0.25) is 0 Å². The molecule has 0 heterocycles. The molecule has 0 aromatic rings. The first-order valence-electron chi connectivity index (χ1n) is 5.37. The highest BCUT2D eigenvalue weighted by atomic mass is 16.5. The average molecular weight is 212 g/mol. The van der Waals surface area contributed by atoms with Gasteiger partial charge in [-0.2, -0.15) is 0 Å². The van der Waals surface area contributed by atoms with E-state index in [1.165, 1.54) is 0 Å². The number of ketones is 1. The monoisotopic (exact) mass is 212 g/mol. The van der Waals surface area contributed by atoms with Crippen molar-refractivity contribution in [3.63, 3.8) is 0 Å². The molecule has 1 saturated carbocycles. The molecule has 0 aromatic carbocycles. The van der Waals surface area contributed by atoms with Gasteiger partial charge in [0.1, 0.15) is 6.29 Å². The Morgan fingerprint density at radius 2 is 2.27 bits per heavy atom. The van der Waals surface area contributed by atoms with Crippen LogP contribution in [-0.2, 0) is 19.1 Å². The Bertz CT molecular complexity index is 259. The summed E-state index contributed by atoms with van der Waals surface area (Å²) in [5.74, 6) is -1.15. The third-order valence-electron chi connectivity index (χ3n) is 2.56. The van der Waals surface area contributed by atoms with Crippen molar-refractivity contribution in [3.05, 3.63) is 0 Å². The van der Waals surface area contributed by atoms with Crippen LogP contribution in [0.2, 0.25) is 0 Å². The van der Waals surface area contributed by atoms with Crippen molar-refractivity contribution in [3.8, 4) is 0 Å². The van der Waals surface area contributed by atoms with Crippen molar-refractivity contribution in [2.24, 2.45) is 5.92 Å². The van der Waals surface area contributed by atoms with Gasteiger partial charge >= 0.3 is 5.97 Å². The van der Waals surface area contributed by atoms with Crippen molar-refractivity contribution in [1.29, 1.82) is 0 Å². The molecule has 0 saturated heterocycles. The Kier molecular flexibility index (Phi) is 4.46. The van der Waals surface area contributed by atoms with E-state index >= 15 is 0 Å². The Morgan fingerprint density at radius 1 is 1.53 bits per heavy atom. The third-order valence-corrected chi connectivity index (χ3v) is 2.56. The fourth-order valence-electron chi connectivity index (χ4n) is 1.72. The molecule has 0 bridgehead atoms. The van der Waals surface area contributed by atoms with Crippen LogP contribution in [0.15, 0.2) is 0 Å². The molecule has 4 heteroatoms. The number of rotatable bonds is 4. The van der Waals surface area contributed by atoms with Crippen molar-refractivity contribution < 1.29 is 19.1 Å². The van der Waals surface area contributed by atoms with Crippen LogP contribution >= 0.6 is 0 Å². The third kappa shape index (κ3) is 3.15. The summed E-state index contributed by atoms with van der Waals surface area (Å²) >= 11 is 0. The van der Waals surface area contributed by atoms with Gasteiger partial charge in [0, 0.05) is 6.42 Å². The van der Waals surface area contributed by atoms with Crippen LogP contribution in [0.3, 0.4) is 0 Å². The molecular weight excluding hydrogens is 196 g/mol. The zero-order chi connectivity index (χ0) is 11.3. The second-order valence-corrected chi connectivity index (χ2v) is 3.80. The molecule has 2 atom stereocenters. The first-order valence-corrected chi connectivity index (χ1v) is 5.37. The summed E-state index contributed by atoms with van der Waals surface area (Å²) in [6.45, 7) is 1.87. The van der Waals surface area contributed by atoms with E-state index in [1.54, 1.807) is 0 Å². The van der Waals surface area contributed by atoms with Gasteiger partial charge in [-0.1, -0.05) is 6.92 Å². The summed E-state index contributed by atoms with van der Waals surface area (Å²) in [5, 5.41) is 0. The maximum Gasteiger partial charge on any atom is 0.306 e.